The van der Waals surface area contributed by atoms with Crippen molar-refractivity contribution in [1.29, 1.82) is 0 Å². The fraction of sp³-hybridized carbons (Fsp3) is 0.125. The highest BCUT2D eigenvalue weighted by Crippen LogP contribution is 2.31. The lowest BCUT2D eigenvalue weighted by atomic mass is 10.3. The smallest absolute Gasteiger partial charge is 0.356 e. The van der Waals surface area contributed by atoms with Crippen LogP contribution in [0, 0.1) is 0 Å². The van der Waals surface area contributed by atoms with Crippen LogP contribution in [0.3, 0.4) is 0 Å². The van der Waals surface area contributed by atoms with Crippen molar-refractivity contribution in [2.75, 3.05) is 5.32 Å². The molecule has 1 aromatic rings. The largest absolute Gasteiger partial charge is 0.476 e. The van der Waals surface area contributed by atoms with Gasteiger partial charge in [-0.05, 0) is 0 Å². The minimum Gasteiger partial charge on any atom is -0.476 e. The van der Waals surface area contributed by atoms with Gasteiger partial charge in [0.25, 0.3) is 0 Å². The summed E-state index contributed by atoms with van der Waals surface area (Å²) in [5, 5.41) is 10.9. The third-order valence-corrected chi connectivity index (χ3v) is 2.13. The topological polar surface area (TPSA) is 79.3 Å². The van der Waals surface area contributed by atoms with Gasteiger partial charge in [-0.3, -0.25) is 4.79 Å². The first kappa shape index (κ1) is 11.7. The Morgan fingerprint density at radius 1 is 1.47 bits per heavy atom. The molecular weight excluding hydrogens is 243 g/mol. The maximum atomic E-state index is 10.8. The standard InChI is InChI=1S/C8H6Cl2N2O3/c1-3(13)12-6-4(9)2-11-7(5(6)10)8(14)15/h2H,1H3,(H,14,15)(H,11,12,13). The van der Waals surface area contributed by atoms with Crippen molar-refractivity contribution in [3.63, 3.8) is 0 Å². The van der Waals surface area contributed by atoms with Gasteiger partial charge in [0.1, 0.15) is 0 Å². The van der Waals surface area contributed by atoms with Crippen molar-refractivity contribution < 1.29 is 14.7 Å². The number of carboxylic acid groups (broad SMARTS) is 1. The number of amides is 1. The number of nitrogens with one attached hydrogen (secondary N) is 1. The van der Waals surface area contributed by atoms with Crippen LogP contribution in [-0.2, 0) is 4.79 Å². The van der Waals surface area contributed by atoms with Gasteiger partial charge in [0.15, 0.2) is 5.69 Å². The molecule has 0 bridgehead atoms. The average molecular weight is 249 g/mol. The zero-order valence-electron chi connectivity index (χ0n) is 7.54. The van der Waals surface area contributed by atoms with E-state index >= 15 is 0 Å². The Bertz CT molecular complexity index is 434. The molecule has 0 saturated carbocycles. The van der Waals surface area contributed by atoms with E-state index < -0.39 is 11.9 Å². The normalized spacial score (nSPS) is 9.80. The number of aromatic carboxylic acids is 1. The molecule has 0 aliphatic heterocycles. The monoisotopic (exact) mass is 248 g/mol. The van der Waals surface area contributed by atoms with E-state index in [0.29, 0.717) is 0 Å². The van der Waals surface area contributed by atoms with E-state index in [9.17, 15) is 9.59 Å². The fourth-order valence-electron chi connectivity index (χ4n) is 0.905. The first-order valence-electron chi connectivity index (χ1n) is 3.78. The number of aromatic nitrogens is 1. The van der Waals surface area contributed by atoms with Crippen molar-refractivity contribution in [3.8, 4) is 0 Å². The predicted molar refractivity (Wildman–Crippen MR) is 55.5 cm³/mol. The molecule has 0 fully saturated rings. The highest BCUT2D eigenvalue weighted by atomic mass is 35.5. The van der Waals surface area contributed by atoms with Crippen LogP contribution in [0.25, 0.3) is 0 Å². The van der Waals surface area contributed by atoms with Gasteiger partial charge >= 0.3 is 5.97 Å². The molecule has 0 aliphatic rings. The zero-order chi connectivity index (χ0) is 11.6. The number of carbonyl (C=O) groups is 2. The van der Waals surface area contributed by atoms with E-state index in [4.69, 9.17) is 28.3 Å². The van der Waals surface area contributed by atoms with Crippen LogP contribution in [-0.4, -0.2) is 22.0 Å². The van der Waals surface area contributed by atoms with Crippen LogP contribution < -0.4 is 5.32 Å². The Labute approximate surface area is 95.0 Å². The van der Waals surface area contributed by atoms with E-state index in [-0.39, 0.29) is 21.4 Å². The summed E-state index contributed by atoms with van der Waals surface area (Å²) in [6, 6.07) is 0. The van der Waals surface area contributed by atoms with Crippen molar-refractivity contribution in [1.82, 2.24) is 4.98 Å². The van der Waals surface area contributed by atoms with E-state index in [1.54, 1.807) is 0 Å². The molecule has 0 unspecified atom stereocenters. The highest BCUT2D eigenvalue weighted by Gasteiger charge is 2.17. The van der Waals surface area contributed by atoms with Gasteiger partial charge in [-0.15, -0.1) is 0 Å². The van der Waals surface area contributed by atoms with E-state index in [0.717, 1.165) is 6.20 Å². The van der Waals surface area contributed by atoms with Crippen LogP contribution in [0.15, 0.2) is 6.20 Å². The molecule has 0 aliphatic carbocycles. The summed E-state index contributed by atoms with van der Waals surface area (Å²) in [5.41, 5.74) is -0.303. The number of rotatable bonds is 2. The first-order chi connectivity index (χ1) is 6.93. The molecule has 0 saturated heterocycles. The maximum absolute atomic E-state index is 10.8. The average Bonchev–Trinajstić information content (AvgIpc) is 2.11. The maximum Gasteiger partial charge on any atom is 0.356 e. The summed E-state index contributed by atoms with van der Waals surface area (Å²) in [7, 11) is 0. The van der Waals surface area contributed by atoms with Crippen LogP contribution in [0.4, 0.5) is 5.69 Å². The van der Waals surface area contributed by atoms with Crippen LogP contribution in [0.1, 0.15) is 17.4 Å². The Morgan fingerprint density at radius 2 is 2.07 bits per heavy atom. The molecular formula is C8H6Cl2N2O3. The third-order valence-electron chi connectivity index (χ3n) is 1.48. The number of pyridine rings is 1. The molecule has 1 aromatic heterocycles. The molecule has 0 spiro atoms. The number of anilines is 1. The Kier molecular flexibility index (Phi) is 3.49. The lowest BCUT2D eigenvalue weighted by molar-refractivity contribution is -0.114. The molecule has 0 radical (unpaired) electrons. The predicted octanol–water partition coefficient (Wildman–Crippen LogP) is 2.04. The molecule has 1 rings (SSSR count). The Morgan fingerprint density at radius 3 is 2.53 bits per heavy atom. The van der Waals surface area contributed by atoms with Gasteiger partial charge in [-0.1, -0.05) is 23.2 Å². The number of hydrogen-bond acceptors (Lipinski definition) is 3. The summed E-state index contributed by atoms with van der Waals surface area (Å²) in [5.74, 6) is -1.69. The number of carboxylic acids is 1. The van der Waals surface area contributed by atoms with Crippen molar-refractivity contribution in [3.05, 3.63) is 21.9 Å². The minimum atomic E-state index is -1.29. The summed E-state index contributed by atoms with van der Waals surface area (Å²) in [6.07, 6.45) is 1.11. The number of nitrogens with zero attached hydrogens (tertiary/aromatic N) is 1. The molecule has 7 heteroatoms. The van der Waals surface area contributed by atoms with Crippen LogP contribution in [0.2, 0.25) is 10.0 Å². The fourth-order valence-corrected chi connectivity index (χ4v) is 1.42. The van der Waals surface area contributed by atoms with E-state index in [2.05, 4.69) is 10.3 Å². The summed E-state index contributed by atoms with van der Waals surface area (Å²) in [6.45, 7) is 1.26. The van der Waals surface area contributed by atoms with Gasteiger partial charge < -0.3 is 10.4 Å². The number of halogens is 2. The number of carbonyl (C=O) groups excluding carboxylic acids is 1. The molecule has 5 nitrogen and oxygen atoms in total. The van der Waals surface area contributed by atoms with Gasteiger partial charge in [-0.2, -0.15) is 0 Å². The van der Waals surface area contributed by atoms with Crippen LogP contribution >= 0.6 is 23.2 Å². The van der Waals surface area contributed by atoms with Crippen molar-refractivity contribution in [2.24, 2.45) is 0 Å². The molecule has 1 amide bonds. The van der Waals surface area contributed by atoms with Gasteiger partial charge in [0.05, 0.1) is 15.7 Å². The van der Waals surface area contributed by atoms with Crippen LogP contribution in [0.5, 0.6) is 0 Å². The van der Waals surface area contributed by atoms with Crippen molar-refractivity contribution in [2.45, 2.75) is 6.92 Å². The highest BCUT2D eigenvalue weighted by molar-refractivity contribution is 6.41. The quantitative estimate of drug-likeness (QED) is 0.840. The molecule has 0 aromatic carbocycles. The second-order valence-electron chi connectivity index (χ2n) is 2.63. The lowest BCUT2D eigenvalue weighted by Crippen LogP contribution is -2.10. The molecule has 2 N–H and O–H groups in total. The third kappa shape index (κ3) is 2.57. The molecule has 0 atom stereocenters. The Hall–Kier alpha value is -1.33. The second-order valence-corrected chi connectivity index (χ2v) is 3.42. The SMILES string of the molecule is CC(=O)Nc1c(Cl)cnc(C(=O)O)c1Cl. The zero-order valence-corrected chi connectivity index (χ0v) is 9.06. The summed E-state index contributed by atoms with van der Waals surface area (Å²) >= 11 is 11.4. The van der Waals surface area contributed by atoms with Crippen molar-refractivity contribution >= 4 is 40.8 Å². The molecule has 80 valence electrons. The minimum absolute atomic E-state index is 0.0539. The van der Waals surface area contributed by atoms with Gasteiger partial charge in [-0.25, -0.2) is 9.78 Å². The van der Waals surface area contributed by atoms with Gasteiger partial charge in [0, 0.05) is 13.1 Å². The molecule has 15 heavy (non-hydrogen) atoms. The molecule has 1 heterocycles. The Balaban J connectivity index is 3.29. The first-order valence-corrected chi connectivity index (χ1v) is 4.54. The summed E-state index contributed by atoms with van der Waals surface area (Å²) < 4.78 is 0. The van der Waals surface area contributed by atoms with E-state index in [1.807, 2.05) is 0 Å². The van der Waals surface area contributed by atoms with E-state index in [1.165, 1.54) is 6.92 Å². The summed E-state index contributed by atoms with van der Waals surface area (Å²) in [4.78, 5) is 25.0. The lowest BCUT2D eigenvalue weighted by Gasteiger charge is -2.08. The number of hydrogen-bond donors (Lipinski definition) is 2. The second kappa shape index (κ2) is 4.46. The van der Waals surface area contributed by atoms with Gasteiger partial charge in [0.2, 0.25) is 5.91 Å².